The molecule has 1 aromatic heterocycles. The predicted octanol–water partition coefficient (Wildman–Crippen LogP) is 4.27. The summed E-state index contributed by atoms with van der Waals surface area (Å²) in [6.07, 6.45) is -0.309. The van der Waals surface area contributed by atoms with Crippen LogP contribution in [-0.2, 0) is 11.3 Å². The van der Waals surface area contributed by atoms with Gasteiger partial charge in [-0.05, 0) is 31.2 Å². The quantitative estimate of drug-likeness (QED) is 0.661. The molecule has 5 nitrogen and oxygen atoms in total. The van der Waals surface area contributed by atoms with Crippen LogP contribution in [0.25, 0.3) is 11.0 Å². The summed E-state index contributed by atoms with van der Waals surface area (Å²) in [5, 5.41) is 9.18. The van der Waals surface area contributed by atoms with E-state index in [1.807, 2.05) is 11.5 Å². The van der Waals surface area contributed by atoms with E-state index in [0.29, 0.717) is 22.5 Å². The van der Waals surface area contributed by atoms with Gasteiger partial charge in [-0.1, -0.05) is 18.2 Å². The lowest BCUT2D eigenvalue weighted by atomic mass is 10.1. The third kappa shape index (κ3) is 3.51. The fourth-order valence-corrected chi connectivity index (χ4v) is 2.81. The molecule has 0 N–H and O–H groups in total. The van der Waals surface area contributed by atoms with Crippen LogP contribution in [0.1, 0.15) is 30.0 Å². The van der Waals surface area contributed by atoms with Crippen LogP contribution in [0, 0.1) is 11.3 Å². The van der Waals surface area contributed by atoms with Crippen molar-refractivity contribution >= 4 is 11.0 Å². The Labute approximate surface area is 149 Å². The van der Waals surface area contributed by atoms with Crippen LogP contribution in [0.5, 0.6) is 5.75 Å². The maximum atomic E-state index is 12.7. The monoisotopic (exact) mass is 357 g/mol. The van der Waals surface area contributed by atoms with E-state index in [2.05, 4.69) is 15.8 Å². The largest absolute Gasteiger partial charge is 0.434 e. The molecule has 0 aliphatic carbocycles. The second-order valence-electron chi connectivity index (χ2n) is 5.74. The van der Waals surface area contributed by atoms with Gasteiger partial charge in [-0.25, -0.2) is 4.98 Å². The van der Waals surface area contributed by atoms with Crippen LogP contribution in [0.15, 0.2) is 42.5 Å². The molecule has 0 bridgehead atoms. The standard InChI is InChI=1S/C19H17F2N3O2/c1-12(25-2)18-23-15-8-7-13(10-22)9-16(15)24(18)11-14-5-3-4-6-17(14)26-19(20)21/h3-9,12,19H,11H2,1-2H3/t12-/m0/s1. The number of ether oxygens (including phenoxy) is 2. The Morgan fingerprint density at radius 2 is 2.00 bits per heavy atom. The van der Waals surface area contributed by atoms with Crippen LogP contribution in [-0.4, -0.2) is 23.3 Å². The highest BCUT2D eigenvalue weighted by molar-refractivity contribution is 5.78. The highest BCUT2D eigenvalue weighted by Gasteiger charge is 2.19. The summed E-state index contributed by atoms with van der Waals surface area (Å²) in [4.78, 5) is 4.59. The van der Waals surface area contributed by atoms with Crippen molar-refractivity contribution in [3.8, 4) is 11.8 Å². The lowest BCUT2D eigenvalue weighted by Crippen LogP contribution is -2.11. The minimum atomic E-state index is -2.90. The van der Waals surface area contributed by atoms with Crippen molar-refractivity contribution in [3.63, 3.8) is 0 Å². The van der Waals surface area contributed by atoms with Crippen molar-refractivity contribution in [1.82, 2.24) is 9.55 Å². The topological polar surface area (TPSA) is 60.1 Å². The number of hydrogen-bond donors (Lipinski definition) is 0. The van der Waals surface area contributed by atoms with Gasteiger partial charge in [-0.15, -0.1) is 0 Å². The van der Waals surface area contributed by atoms with Gasteiger partial charge >= 0.3 is 6.61 Å². The highest BCUT2D eigenvalue weighted by Crippen LogP contribution is 2.28. The van der Waals surface area contributed by atoms with Gasteiger partial charge < -0.3 is 14.0 Å². The number of para-hydroxylation sites is 1. The van der Waals surface area contributed by atoms with Crippen molar-refractivity contribution in [2.45, 2.75) is 26.2 Å². The molecule has 0 radical (unpaired) electrons. The zero-order valence-corrected chi connectivity index (χ0v) is 14.3. The molecular formula is C19H17F2N3O2. The van der Waals surface area contributed by atoms with Crippen LogP contribution < -0.4 is 4.74 Å². The molecule has 0 fully saturated rings. The summed E-state index contributed by atoms with van der Waals surface area (Å²) < 4.78 is 37.3. The number of imidazole rings is 1. The molecular weight excluding hydrogens is 340 g/mol. The van der Waals surface area contributed by atoms with Crippen molar-refractivity contribution in [2.24, 2.45) is 0 Å². The Morgan fingerprint density at radius 3 is 2.69 bits per heavy atom. The van der Waals surface area contributed by atoms with Crippen molar-refractivity contribution in [1.29, 1.82) is 5.26 Å². The average molecular weight is 357 g/mol. The molecule has 134 valence electrons. The Hall–Kier alpha value is -2.98. The first kappa shape index (κ1) is 17.8. The normalized spacial score (nSPS) is 12.3. The molecule has 3 aromatic rings. The van der Waals surface area contributed by atoms with Gasteiger partial charge in [0.1, 0.15) is 17.7 Å². The number of hydrogen-bond acceptors (Lipinski definition) is 4. The molecule has 0 aliphatic rings. The second-order valence-corrected chi connectivity index (χ2v) is 5.74. The second kappa shape index (κ2) is 7.50. The third-order valence-electron chi connectivity index (χ3n) is 4.14. The molecule has 0 spiro atoms. The fourth-order valence-electron chi connectivity index (χ4n) is 2.81. The van der Waals surface area contributed by atoms with Gasteiger partial charge in [0, 0.05) is 12.7 Å². The van der Waals surface area contributed by atoms with E-state index in [-0.39, 0.29) is 18.4 Å². The van der Waals surface area contributed by atoms with Crippen molar-refractivity contribution in [2.75, 3.05) is 7.11 Å². The van der Waals surface area contributed by atoms with E-state index < -0.39 is 6.61 Å². The van der Waals surface area contributed by atoms with Crippen LogP contribution in [0.4, 0.5) is 8.78 Å². The number of nitrogens with zero attached hydrogens (tertiary/aromatic N) is 3. The van der Waals surface area contributed by atoms with E-state index in [4.69, 9.17) is 4.74 Å². The summed E-state index contributed by atoms with van der Waals surface area (Å²) in [6.45, 7) is -0.792. The van der Waals surface area contributed by atoms with Crippen molar-refractivity contribution < 1.29 is 18.3 Å². The van der Waals surface area contributed by atoms with E-state index in [9.17, 15) is 14.0 Å². The molecule has 1 atom stereocenters. The lowest BCUT2D eigenvalue weighted by Gasteiger charge is -2.16. The molecule has 26 heavy (non-hydrogen) atoms. The highest BCUT2D eigenvalue weighted by atomic mass is 19.3. The van der Waals surface area contributed by atoms with Gasteiger partial charge in [-0.2, -0.15) is 14.0 Å². The Balaban J connectivity index is 2.13. The van der Waals surface area contributed by atoms with Gasteiger partial charge in [-0.3, -0.25) is 0 Å². The molecule has 1 heterocycles. The molecule has 0 saturated heterocycles. The Kier molecular flexibility index (Phi) is 5.14. The molecule has 2 aromatic carbocycles. The smallest absolute Gasteiger partial charge is 0.387 e. The number of benzene rings is 2. The molecule has 0 saturated carbocycles. The number of fused-ring (bicyclic) bond motifs is 1. The summed E-state index contributed by atoms with van der Waals surface area (Å²) in [7, 11) is 1.57. The molecule has 0 unspecified atom stereocenters. The number of halogens is 2. The van der Waals surface area contributed by atoms with Gasteiger partial charge in [0.2, 0.25) is 0 Å². The minimum absolute atomic E-state index is 0.108. The number of alkyl halides is 2. The van der Waals surface area contributed by atoms with Crippen LogP contribution in [0.3, 0.4) is 0 Å². The third-order valence-corrected chi connectivity index (χ3v) is 4.14. The number of rotatable bonds is 6. The van der Waals surface area contributed by atoms with Crippen molar-refractivity contribution in [3.05, 3.63) is 59.4 Å². The first-order valence-electron chi connectivity index (χ1n) is 7.99. The average Bonchev–Trinajstić information content (AvgIpc) is 3.00. The number of methoxy groups -OCH3 is 1. The summed E-state index contributed by atoms with van der Waals surface area (Å²) in [5.74, 6) is 0.751. The molecule has 0 amide bonds. The molecule has 3 rings (SSSR count). The zero-order valence-electron chi connectivity index (χ0n) is 14.3. The zero-order chi connectivity index (χ0) is 18.7. The first-order chi connectivity index (χ1) is 12.5. The van der Waals surface area contributed by atoms with E-state index in [0.717, 1.165) is 5.52 Å². The molecule has 7 heteroatoms. The van der Waals surface area contributed by atoms with Gasteiger partial charge in [0.15, 0.2) is 0 Å². The Morgan fingerprint density at radius 1 is 1.23 bits per heavy atom. The summed E-state index contributed by atoms with van der Waals surface area (Å²) in [6, 6.07) is 13.9. The maximum Gasteiger partial charge on any atom is 0.387 e. The van der Waals surface area contributed by atoms with Crippen LogP contribution in [0.2, 0.25) is 0 Å². The summed E-state index contributed by atoms with van der Waals surface area (Å²) in [5.41, 5.74) is 2.51. The van der Waals surface area contributed by atoms with Gasteiger partial charge in [0.25, 0.3) is 0 Å². The minimum Gasteiger partial charge on any atom is -0.434 e. The number of aromatic nitrogens is 2. The predicted molar refractivity (Wildman–Crippen MR) is 92.0 cm³/mol. The van der Waals surface area contributed by atoms with Gasteiger partial charge in [0.05, 0.1) is 29.2 Å². The number of nitriles is 1. The SMILES string of the molecule is CO[C@@H](C)c1nc2ccc(C#N)cc2n1Cc1ccccc1OC(F)F. The van der Waals surface area contributed by atoms with E-state index >= 15 is 0 Å². The summed E-state index contributed by atoms with van der Waals surface area (Å²) >= 11 is 0. The van der Waals surface area contributed by atoms with E-state index in [1.54, 1.807) is 43.5 Å². The van der Waals surface area contributed by atoms with E-state index in [1.165, 1.54) is 6.07 Å². The van der Waals surface area contributed by atoms with Crippen LogP contribution >= 0.6 is 0 Å². The lowest BCUT2D eigenvalue weighted by molar-refractivity contribution is -0.0505. The Bertz CT molecular complexity index is 963. The molecule has 0 aliphatic heterocycles. The first-order valence-corrected chi connectivity index (χ1v) is 7.99. The maximum absolute atomic E-state index is 12.7. The fraction of sp³-hybridized carbons (Fsp3) is 0.263.